The van der Waals surface area contributed by atoms with Crippen molar-refractivity contribution < 1.29 is 22.7 Å². The summed E-state index contributed by atoms with van der Waals surface area (Å²) in [6, 6.07) is 12.4. The largest absolute Gasteiger partial charge is 0.497 e. The third-order valence-electron chi connectivity index (χ3n) is 5.20. The van der Waals surface area contributed by atoms with Gasteiger partial charge < -0.3 is 14.4 Å². The minimum absolute atomic E-state index is 0.0401. The van der Waals surface area contributed by atoms with E-state index in [2.05, 4.69) is 4.72 Å². The van der Waals surface area contributed by atoms with Gasteiger partial charge in [-0.05, 0) is 63.1 Å². The van der Waals surface area contributed by atoms with E-state index in [0.29, 0.717) is 18.7 Å². The first-order valence-electron chi connectivity index (χ1n) is 10.2. The number of nitrogens with one attached hydrogen (secondary N) is 1. The van der Waals surface area contributed by atoms with Crippen LogP contribution in [0.3, 0.4) is 0 Å². The molecule has 0 saturated carbocycles. The Hall–Kier alpha value is -2.58. The summed E-state index contributed by atoms with van der Waals surface area (Å²) < 4.78 is 38.8. The van der Waals surface area contributed by atoms with Gasteiger partial charge in [0, 0.05) is 30.1 Å². The smallest absolute Gasteiger partial charge is 0.253 e. The molecule has 31 heavy (non-hydrogen) atoms. The van der Waals surface area contributed by atoms with Gasteiger partial charge in [0.25, 0.3) is 5.91 Å². The lowest BCUT2D eigenvalue weighted by Crippen LogP contribution is -2.40. The standard InChI is InChI=1S/C23H30N2O5S/c1-23(2,3)24-31(27,28)21-14-17(8-11-20(21)30-5)22(26)25-13-12-18(15-25)16-6-9-19(29-4)10-7-16/h6-11,14,18,24H,12-13,15H2,1-5H3. The molecule has 1 aliphatic rings. The summed E-state index contributed by atoms with van der Waals surface area (Å²) in [4.78, 5) is 14.9. The second-order valence-electron chi connectivity index (χ2n) is 8.73. The van der Waals surface area contributed by atoms with Crippen LogP contribution in [-0.4, -0.2) is 52.1 Å². The van der Waals surface area contributed by atoms with Crippen LogP contribution in [0.1, 0.15) is 49.0 Å². The molecule has 1 saturated heterocycles. The van der Waals surface area contributed by atoms with Gasteiger partial charge in [-0.2, -0.15) is 0 Å². The van der Waals surface area contributed by atoms with Crippen LogP contribution in [0.2, 0.25) is 0 Å². The summed E-state index contributed by atoms with van der Waals surface area (Å²) in [6.07, 6.45) is 0.852. The molecule has 3 rings (SSSR count). The maximum Gasteiger partial charge on any atom is 0.253 e. The second-order valence-corrected chi connectivity index (χ2v) is 10.4. The Morgan fingerprint density at radius 1 is 1.06 bits per heavy atom. The van der Waals surface area contributed by atoms with E-state index in [-0.39, 0.29) is 22.5 Å². The number of hydrogen-bond acceptors (Lipinski definition) is 5. The Morgan fingerprint density at radius 3 is 2.32 bits per heavy atom. The minimum Gasteiger partial charge on any atom is -0.497 e. The minimum atomic E-state index is -3.86. The number of methoxy groups -OCH3 is 2. The molecule has 1 atom stereocenters. The highest BCUT2D eigenvalue weighted by molar-refractivity contribution is 7.89. The summed E-state index contributed by atoms with van der Waals surface area (Å²) >= 11 is 0. The van der Waals surface area contributed by atoms with Gasteiger partial charge in [-0.1, -0.05) is 12.1 Å². The van der Waals surface area contributed by atoms with Gasteiger partial charge in [-0.3, -0.25) is 4.79 Å². The maximum atomic E-state index is 13.1. The predicted octanol–water partition coefficient (Wildman–Crippen LogP) is 3.41. The third kappa shape index (κ3) is 5.37. The lowest BCUT2D eigenvalue weighted by Gasteiger charge is -2.22. The van der Waals surface area contributed by atoms with E-state index in [0.717, 1.165) is 17.7 Å². The molecule has 0 spiro atoms. The molecule has 7 nitrogen and oxygen atoms in total. The van der Waals surface area contributed by atoms with Crippen LogP contribution in [0, 0.1) is 0 Å². The Bertz CT molecular complexity index is 1040. The first kappa shape index (κ1) is 23.1. The van der Waals surface area contributed by atoms with Crippen molar-refractivity contribution in [3.63, 3.8) is 0 Å². The van der Waals surface area contributed by atoms with Crippen LogP contribution in [0.4, 0.5) is 0 Å². The number of carbonyl (C=O) groups excluding carboxylic acids is 1. The number of carbonyl (C=O) groups is 1. The van der Waals surface area contributed by atoms with Crippen LogP contribution in [0.5, 0.6) is 11.5 Å². The molecule has 8 heteroatoms. The molecule has 0 radical (unpaired) electrons. The number of ether oxygens (including phenoxy) is 2. The quantitative estimate of drug-likeness (QED) is 0.735. The van der Waals surface area contributed by atoms with Crippen molar-refractivity contribution in [2.75, 3.05) is 27.3 Å². The zero-order valence-corrected chi connectivity index (χ0v) is 19.5. The zero-order valence-electron chi connectivity index (χ0n) is 18.6. The molecule has 0 aromatic heterocycles. The molecular weight excluding hydrogens is 416 g/mol. The zero-order chi connectivity index (χ0) is 22.8. The molecule has 0 bridgehead atoms. The van der Waals surface area contributed by atoms with E-state index in [1.54, 1.807) is 38.8 Å². The van der Waals surface area contributed by atoms with Gasteiger partial charge >= 0.3 is 0 Å². The van der Waals surface area contributed by atoms with Crippen molar-refractivity contribution in [3.8, 4) is 11.5 Å². The molecule has 1 N–H and O–H groups in total. The normalized spacial score (nSPS) is 16.9. The number of nitrogens with zero attached hydrogens (tertiary/aromatic N) is 1. The average molecular weight is 447 g/mol. The maximum absolute atomic E-state index is 13.1. The van der Waals surface area contributed by atoms with Gasteiger partial charge in [0.2, 0.25) is 10.0 Å². The Balaban J connectivity index is 1.82. The third-order valence-corrected chi connectivity index (χ3v) is 6.98. The van der Waals surface area contributed by atoms with Gasteiger partial charge in [0.15, 0.2) is 0 Å². The highest BCUT2D eigenvalue weighted by Crippen LogP contribution is 2.31. The highest BCUT2D eigenvalue weighted by atomic mass is 32.2. The van der Waals surface area contributed by atoms with Gasteiger partial charge in [0.05, 0.1) is 14.2 Å². The van der Waals surface area contributed by atoms with Crippen LogP contribution in [0.25, 0.3) is 0 Å². The van der Waals surface area contributed by atoms with E-state index >= 15 is 0 Å². The Labute approximate surface area is 184 Å². The molecule has 1 unspecified atom stereocenters. The van der Waals surface area contributed by atoms with E-state index in [1.807, 2.05) is 24.3 Å². The van der Waals surface area contributed by atoms with Crippen molar-refractivity contribution in [1.29, 1.82) is 0 Å². The number of sulfonamides is 1. The monoisotopic (exact) mass is 446 g/mol. The fourth-order valence-electron chi connectivity index (χ4n) is 3.75. The number of hydrogen-bond donors (Lipinski definition) is 1. The van der Waals surface area contributed by atoms with E-state index in [1.165, 1.54) is 19.2 Å². The van der Waals surface area contributed by atoms with Crippen molar-refractivity contribution in [2.45, 2.75) is 43.5 Å². The van der Waals surface area contributed by atoms with Crippen molar-refractivity contribution >= 4 is 15.9 Å². The number of likely N-dealkylation sites (tertiary alicyclic amines) is 1. The molecule has 0 aliphatic carbocycles. The molecule has 1 amide bonds. The number of rotatable bonds is 6. The van der Waals surface area contributed by atoms with Gasteiger partial charge in [0.1, 0.15) is 16.4 Å². The Kier molecular flexibility index (Phi) is 6.62. The van der Waals surface area contributed by atoms with Crippen molar-refractivity contribution in [1.82, 2.24) is 9.62 Å². The summed E-state index contributed by atoms with van der Waals surface area (Å²) in [7, 11) is -0.818. The van der Waals surface area contributed by atoms with E-state index in [4.69, 9.17) is 9.47 Å². The van der Waals surface area contributed by atoms with Gasteiger partial charge in [-0.25, -0.2) is 13.1 Å². The predicted molar refractivity (Wildman–Crippen MR) is 119 cm³/mol. The molecular formula is C23H30N2O5S. The van der Waals surface area contributed by atoms with Crippen molar-refractivity contribution in [3.05, 3.63) is 53.6 Å². The molecule has 1 heterocycles. The van der Waals surface area contributed by atoms with Crippen LogP contribution >= 0.6 is 0 Å². The van der Waals surface area contributed by atoms with E-state index < -0.39 is 15.6 Å². The lowest BCUT2D eigenvalue weighted by molar-refractivity contribution is 0.0790. The highest BCUT2D eigenvalue weighted by Gasteiger charge is 2.30. The van der Waals surface area contributed by atoms with Gasteiger partial charge in [-0.15, -0.1) is 0 Å². The molecule has 2 aromatic rings. The summed E-state index contributed by atoms with van der Waals surface area (Å²) in [6.45, 7) is 6.48. The SMILES string of the molecule is COc1ccc(C2CCN(C(=O)c3ccc(OC)c(S(=O)(=O)NC(C)(C)C)c3)C2)cc1. The molecule has 1 fully saturated rings. The fraction of sp³-hybridized carbons (Fsp3) is 0.435. The summed E-state index contributed by atoms with van der Waals surface area (Å²) in [5.41, 5.74) is 0.818. The Morgan fingerprint density at radius 2 is 1.74 bits per heavy atom. The summed E-state index contributed by atoms with van der Waals surface area (Å²) in [5.74, 6) is 1.04. The van der Waals surface area contributed by atoms with Crippen LogP contribution in [0.15, 0.2) is 47.4 Å². The number of benzene rings is 2. The molecule has 1 aliphatic heterocycles. The van der Waals surface area contributed by atoms with Crippen LogP contribution < -0.4 is 14.2 Å². The molecule has 2 aromatic carbocycles. The summed E-state index contributed by atoms with van der Waals surface area (Å²) in [5, 5.41) is 0. The second kappa shape index (κ2) is 8.88. The first-order valence-corrected chi connectivity index (χ1v) is 11.7. The van der Waals surface area contributed by atoms with Crippen LogP contribution in [-0.2, 0) is 10.0 Å². The van der Waals surface area contributed by atoms with Crippen molar-refractivity contribution in [2.24, 2.45) is 0 Å². The fourth-order valence-corrected chi connectivity index (χ4v) is 5.37. The van der Waals surface area contributed by atoms with E-state index in [9.17, 15) is 13.2 Å². The number of amides is 1. The molecule has 168 valence electrons. The lowest BCUT2D eigenvalue weighted by atomic mass is 9.98. The topological polar surface area (TPSA) is 84.9 Å². The average Bonchev–Trinajstić information content (AvgIpc) is 3.21. The first-order chi connectivity index (χ1) is 14.5.